The quantitative estimate of drug-likeness (QED) is 0.747. The molecule has 2 heterocycles. The fraction of sp³-hybridized carbons (Fsp3) is 0.571. The van der Waals surface area contributed by atoms with Gasteiger partial charge in [-0.3, -0.25) is 9.59 Å². The summed E-state index contributed by atoms with van der Waals surface area (Å²) in [5.41, 5.74) is 0.0414. The molecule has 2 rings (SSSR count). The molecule has 22 heavy (non-hydrogen) atoms. The van der Waals surface area contributed by atoms with E-state index >= 15 is 0 Å². The molecule has 3 atom stereocenters. The van der Waals surface area contributed by atoms with Gasteiger partial charge in [0.25, 0.3) is 0 Å². The van der Waals surface area contributed by atoms with Gasteiger partial charge in [0.05, 0.1) is 17.7 Å². The van der Waals surface area contributed by atoms with E-state index in [0.29, 0.717) is 10.2 Å². The normalized spacial score (nSPS) is 23.8. The van der Waals surface area contributed by atoms with Crippen LogP contribution in [0.1, 0.15) is 25.1 Å². The summed E-state index contributed by atoms with van der Waals surface area (Å²) in [6.45, 7) is 1.31. The monoisotopic (exact) mass is 375 g/mol. The second-order valence-corrected chi connectivity index (χ2v) is 6.00. The van der Waals surface area contributed by atoms with Gasteiger partial charge in [0, 0.05) is 32.2 Å². The highest BCUT2D eigenvalue weighted by molar-refractivity contribution is 9.10. The summed E-state index contributed by atoms with van der Waals surface area (Å²) in [5.74, 6) is -0.982. The van der Waals surface area contributed by atoms with Crippen molar-refractivity contribution in [3.63, 3.8) is 0 Å². The molecule has 1 aromatic rings. The summed E-state index contributed by atoms with van der Waals surface area (Å²) in [7, 11) is 1.36. The predicted molar refractivity (Wildman–Crippen MR) is 80.7 cm³/mol. The van der Waals surface area contributed by atoms with Crippen molar-refractivity contribution >= 4 is 21.9 Å². The van der Waals surface area contributed by atoms with Gasteiger partial charge in [0.1, 0.15) is 5.69 Å². The number of halogens is 1. The molecule has 1 aliphatic heterocycles. The molecule has 8 heteroatoms. The van der Waals surface area contributed by atoms with Crippen molar-refractivity contribution in [3.8, 4) is 5.75 Å². The van der Waals surface area contributed by atoms with Gasteiger partial charge in [-0.1, -0.05) is 0 Å². The molecule has 1 aliphatic rings. The van der Waals surface area contributed by atoms with Gasteiger partial charge in [0.2, 0.25) is 5.43 Å². The number of aliphatic hydroxyl groups is 2. The number of fused-ring (bicyclic) bond motifs is 1. The lowest BCUT2D eigenvalue weighted by Gasteiger charge is -2.37. The number of carbonyl (C=O) groups is 1. The Kier molecular flexibility index (Phi) is 5.25. The zero-order chi connectivity index (χ0) is 16.4. The standard InChI is InChI=1S/C14H18BrNO6/c1-7(18)22-13-8(3-4-17)10(19)6-16-5-9(15)12(20)14(21-2)11(13)16/h5,8,10,13,17,19H,3-4,6H2,1-2H3. The molecule has 0 radical (unpaired) electrons. The zero-order valence-corrected chi connectivity index (χ0v) is 13.9. The van der Waals surface area contributed by atoms with Gasteiger partial charge in [-0.2, -0.15) is 0 Å². The lowest BCUT2D eigenvalue weighted by molar-refractivity contribution is -0.155. The molecule has 0 saturated heterocycles. The molecule has 2 N–H and O–H groups in total. The largest absolute Gasteiger partial charge is 0.491 e. The minimum Gasteiger partial charge on any atom is -0.491 e. The number of hydrogen-bond donors (Lipinski definition) is 2. The summed E-state index contributed by atoms with van der Waals surface area (Å²) in [4.78, 5) is 23.6. The Labute approximate surface area is 135 Å². The second kappa shape index (κ2) is 6.80. The van der Waals surface area contributed by atoms with Crippen LogP contribution in [-0.4, -0.2) is 40.6 Å². The fourth-order valence-corrected chi connectivity index (χ4v) is 3.24. The van der Waals surface area contributed by atoms with E-state index in [1.165, 1.54) is 20.2 Å². The van der Waals surface area contributed by atoms with Crippen molar-refractivity contribution < 1.29 is 24.5 Å². The Morgan fingerprint density at radius 2 is 2.23 bits per heavy atom. The first-order chi connectivity index (χ1) is 10.4. The minimum absolute atomic E-state index is 0.0652. The molecular weight excluding hydrogens is 358 g/mol. The van der Waals surface area contributed by atoms with E-state index in [0.717, 1.165) is 0 Å². The first-order valence-corrected chi connectivity index (χ1v) is 7.63. The Hall–Kier alpha value is -1.38. The molecule has 0 aliphatic carbocycles. The van der Waals surface area contributed by atoms with Crippen LogP contribution in [-0.2, 0) is 16.1 Å². The van der Waals surface area contributed by atoms with Gasteiger partial charge in [-0.25, -0.2) is 0 Å². The molecule has 7 nitrogen and oxygen atoms in total. The number of pyridine rings is 1. The van der Waals surface area contributed by atoms with Crippen LogP contribution in [0.15, 0.2) is 15.5 Å². The third kappa shape index (κ3) is 3.04. The van der Waals surface area contributed by atoms with Crippen LogP contribution >= 0.6 is 15.9 Å². The Morgan fingerprint density at radius 3 is 2.77 bits per heavy atom. The Balaban J connectivity index is 2.64. The van der Waals surface area contributed by atoms with Gasteiger partial charge in [-0.15, -0.1) is 0 Å². The number of aromatic nitrogens is 1. The topological polar surface area (TPSA) is 98.0 Å². The molecule has 0 spiro atoms. The smallest absolute Gasteiger partial charge is 0.303 e. The summed E-state index contributed by atoms with van der Waals surface area (Å²) < 4.78 is 12.5. The number of carbonyl (C=O) groups excluding carboxylic acids is 1. The first-order valence-electron chi connectivity index (χ1n) is 6.83. The number of hydrogen-bond acceptors (Lipinski definition) is 6. The molecule has 0 saturated carbocycles. The molecule has 3 unspecified atom stereocenters. The van der Waals surface area contributed by atoms with E-state index in [-0.39, 0.29) is 30.8 Å². The van der Waals surface area contributed by atoms with Crippen LogP contribution in [0.5, 0.6) is 5.75 Å². The van der Waals surface area contributed by atoms with Crippen molar-refractivity contribution in [1.82, 2.24) is 4.57 Å². The minimum atomic E-state index is -0.857. The second-order valence-electron chi connectivity index (χ2n) is 5.15. The number of ether oxygens (including phenoxy) is 2. The van der Waals surface area contributed by atoms with Gasteiger partial charge < -0.3 is 24.3 Å². The van der Waals surface area contributed by atoms with Crippen LogP contribution in [0.2, 0.25) is 0 Å². The number of nitrogens with zero attached hydrogens (tertiary/aromatic N) is 1. The van der Waals surface area contributed by atoms with Gasteiger partial charge >= 0.3 is 5.97 Å². The van der Waals surface area contributed by atoms with E-state index in [2.05, 4.69) is 15.9 Å². The first kappa shape index (κ1) is 17.0. The summed E-state index contributed by atoms with van der Waals surface area (Å²) in [6, 6.07) is 0. The summed E-state index contributed by atoms with van der Waals surface area (Å²) in [6.07, 6.45) is 0.106. The highest BCUT2D eigenvalue weighted by Crippen LogP contribution is 2.39. The molecule has 0 aromatic carbocycles. The highest BCUT2D eigenvalue weighted by atomic mass is 79.9. The van der Waals surface area contributed by atoms with Crippen LogP contribution in [0.3, 0.4) is 0 Å². The zero-order valence-electron chi connectivity index (χ0n) is 12.3. The Bertz CT molecular complexity index is 628. The third-order valence-electron chi connectivity index (χ3n) is 3.73. The fourth-order valence-electron chi connectivity index (χ4n) is 2.82. The van der Waals surface area contributed by atoms with Crippen LogP contribution < -0.4 is 10.2 Å². The van der Waals surface area contributed by atoms with Crippen molar-refractivity contribution in [3.05, 3.63) is 26.6 Å². The lowest BCUT2D eigenvalue weighted by Crippen LogP contribution is -2.41. The molecule has 0 amide bonds. The van der Waals surface area contributed by atoms with Crippen LogP contribution in [0.4, 0.5) is 0 Å². The van der Waals surface area contributed by atoms with E-state index in [9.17, 15) is 19.8 Å². The van der Waals surface area contributed by atoms with E-state index in [1.807, 2.05) is 0 Å². The van der Waals surface area contributed by atoms with E-state index in [4.69, 9.17) is 9.47 Å². The maximum Gasteiger partial charge on any atom is 0.303 e. The highest BCUT2D eigenvalue weighted by Gasteiger charge is 2.40. The van der Waals surface area contributed by atoms with Crippen molar-refractivity contribution in [2.75, 3.05) is 13.7 Å². The predicted octanol–water partition coefficient (Wildman–Crippen LogP) is 0.597. The van der Waals surface area contributed by atoms with E-state index in [1.54, 1.807) is 4.57 Å². The molecule has 0 bridgehead atoms. The molecule has 122 valence electrons. The maximum atomic E-state index is 12.2. The van der Waals surface area contributed by atoms with Crippen molar-refractivity contribution in [1.29, 1.82) is 0 Å². The summed E-state index contributed by atoms with van der Waals surface area (Å²) >= 11 is 3.16. The SMILES string of the molecule is COc1c2n(cc(Br)c1=O)CC(O)C(CCO)C2OC(C)=O. The molecular formula is C14H18BrNO6. The number of methoxy groups -OCH3 is 1. The number of aliphatic hydroxyl groups excluding tert-OH is 2. The lowest BCUT2D eigenvalue weighted by atomic mass is 9.86. The summed E-state index contributed by atoms with van der Waals surface area (Å²) in [5, 5.41) is 19.5. The molecule has 1 aromatic heterocycles. The third-order valence-corrected chi connectivity index (χ3v) is 4.30. The van der Waals surface area contributed by atoms with Crippen LogP contribution in [0.25, 0.3) is 0 Å². The average molecular weight is 376 g/mol. The van der Waals surface area contributed by atoms with Gasteiger partial charge in [0.15, 0.2) is 11.9 Å². The van der Waals surface area contributed by atoms with Crippen molar-refractivity contribution in [2.24, 2.45) is 5.92 Å². The van der Waals surface area contributed by atoms with E-state index < -0.39 is 24.1 Å². The van der Waals surface area contributed by atoms with Crippen molar-refractivity contribution in [2.45, 2.75) is 32.1 Å². The Morgan fingerprint density at radius 1 is 1.55 bits per heavy atom. The molecule has 0 fully saturated rings. The average Bonchev–Trinajstić information content (AvgIpc) is 2.44. The number of rotatable bonds is 4. The number of esters is 1. The maximum absolute atomic E-state index is 12.2. The van der Waals surface area contributed by atoms with Gasteiger partial charge in [-0.05, 0) is 22.4 Å². The van der Waals surface area contributed by atoms with Crippen LogP contribution in [0, 0.1) is 5.92 Å².